The monoisotopic (exact) mass is 448 g/mol. The van der Waals surface area contributed by atoms with Crippen molar-refractivity contribution in [1.82, 2.24) is 4.90 Å². The molecule has 0 amide bonds. The highest BCUT2D eigenvalue weighted by Crippen LogP contribution is 2.39. The molecule has 2 aromatic carbocycles. The van der Waals surface area contributed by atoms with Gasteiger partial charge in [0.2, 0.25) is 0 Å². The molecule has 3 rings (SSSR count). The maximum Gasteiger partial charge on any atom is 0.419 e. The highest BCUT2D eigenvalue weighted by Gasteiger charge is 2.36. The number of rotatable bonds is 6. The zero-order valence-corrected chi connectivity index (χ0v) is 17.0. The van der Waals surface area contributed by atoms with E-state index >= 15 is 0 Å². The maximum absolute atomic E-state index is 13.9. The van der Waals surface area contributed by atoms with Gasteiger partial charge in [-0.3, -0.25) is 4.72 Å². The molecule has 1 aliphatic rings. The molecule has 0 unspecified atom stereocenters. The summed E-state index contributed by atoms with van der Waals surface area (Å²) in [4.78, 5) is 1.52. The number of likely N-dealkylation sites (N-methyl/N-ethyl adjacent to an activating group) is 1. The van der Waals surface area contributed by atoms with E-state index in [4.69, 9.17) is 9.47 Å². The summed E-state index contributed by atoms with van der Waals surface area (Å²) in [5, 5.41) is 0. The summed E-state index contributed by atoms with van der Waals surface area (Å²) in [5.74, 6) is -1.49. The number of nitrogens with one attached hydrogen (secondary N) is 1. The van der Waals surface area contributed by atoms with Crippen molar-refractivity contribution < 1.29 is 35.5 Å². The predicted octanol–water partition coefficient (Wildman–Crippen LogP) is 3.74. The topological polar surface area (TPSA) is 67.9 Å². The molecule has 0 radical (unpaired) electrons. The number of methoxy groups -OCH3 is 1. The van der Waals surface area contributed by atoms with Gasteiger partial charge < -0.3 is 14.4 Å². The number of likely N-dealkylation sites (tertiary alicyclic amines) is 1. The third-order valence-electron chi connectivity index (χ3n) is 4.61. The molecule has 1 fully saturated rings. The minimum absolute atomic E-state index is 0.138. The van der Waals surface area contributed by atoms with Gasteiger partial charge in [0, 0.05) is 19.2 Å². The first-order valence-corrected chi connectivity index (χ1v) is 10.4. The fourth-order valence-corrected chi connectivity index (χ4v) is 4.18. The number of ether oxygens (including phenoxy) is 2. The van der Waals surface area contributed by atoms with E-state index in [1.807, 2.05) is 11.9 Å². The van der Waals surface area contributed by atoms with E-state index in [0.29, 0.717) is 19.5 Å². The first-order chi connectivity index (χ1) is 14.0. The summed E-state index contributed by atoms with van der Waals surface area (Å²) in [6.07, 6.45) is -4.57. The molecule has 1 N–H and O–H groups in total. The molecule has 1 saturated heterocycles. The molecule has 0 spiro atoms. The molecule has 0 bridgehead atoms. The summed E-state index contributed by atoms with van der Waals surface area (Å²) in [7, 11) is -1.19. The highest BCUT2D eigenvalue weighted by molar-refractivity contribution is 7.92. The van der Waals surface area contributed by atoms with Crippen LogP contribution in [0.1, 0.15) is 12.0 Å². The van der Waals surface area contributed by atoms with Crippen molar-refractivity contribution in [3.8, 4) is 11.5 Å². The Balaban J connectivity index is 1.90. The first-order valence-electron chi connectivity index (χ1n) is 8.92. The number of anilines is 1. The Bertz CT molecular complexity index is 1030. The van der Waals surface area contributed by atoms with Gasteiger partial charge in [-0.2, -0.15) is 13.2 Å². The maximum atomic E-state index is 13.9. The lowest BCUT2D eigenvalue weighted by Gasteiger charge is -2.19. The Labute approximate surface area is 171 Å². The Kier molecular flexibility index (Phi) is 6.14. The van der Waals surface area contributed by atoms with Crippen molar-refractivity contribution in [2.24, 2.45) is 0 Å². The van der Waals surface area contributed by atoms with Crippen molar-refractivity contribution in [1.29, 1.82) is 0 Å². The van der Waals surface area contributed by atoms with Crippen molar-refractivity contribution in [2.75, 3.05) is 32.0 Å². The smallest absolute Gasteiger partial charge is 0.419 e. The third kappa shape index (κ3) is 4.96. The fourth-order valence-electron chi connectivity index (χ4n) is 3.12. The Morgan fingerprint density at radius 2 is 1.87 bits per heavy atom. The Morgan fingerprint density at radius 1 is 1.13 bits per heavy atom. The Hall–Kier alpha value is -2.53. The van der Waals surface area contributed by atoms with Crippen LogP contribution >= 0.6 is 0 Å². The van der Waals surface area contributed by atoms with Crippen molar-refractivity contribution in [3.63, 3.8) is 0 Å². The normalized spacial score (nSPS) is 17.7. The summed E-state index contributed by atoms with van der Waals surface area (Å²) in [6.45, 7) is 1.14. The van der Waals surface area contributed by atoms with Crippen LogP contribution < -0.4 is 14.2 Å². The minimum atomic E-state index is -4.67. The lowest BCUT2D eigenvalue weighted by Crippen LogP contribution is -2.23. The lowest BCUT2D eigenvalue weighted by atomic mass is 10.1. The molecule has 1 aliphatic heterocycles. The van der Waals surface area contributed by atoms with E-state index in [9.17, 15) is 26.0 Å². The second-order valence-corrected chi connectivity index (χ2v) is 8.58. The zero-order valence-electron chi connectivity index (χ0n) is 16.2. The van der Waals surface area contributed by atoms with Crippen molar-refractivity contribution in [3.05, 3.63) is 47.8 Å². The zero-order chi connectivity index (χ0) is 22.1. The molecular formula is C19H20F4N2O4S. The van der Waals surface area contributed by atoms with Gasteiger partial charge in [-0.05, 0) is 43.8 Å². The molecule has 0 aromatic heterocycles. The standard InChI is InChI=1S/C19H20F4N2O4S/c1-25-8-7-13(11-25)29-18-9-12(3-5-15(18)19(21,22)23)24-30(26,27)14-4-6-17(28-2)16(20)10-14/h3-6,9-10,13,24H,7-8,11H2,1-2H3/t13-/m1/s1. The highest BCUT2D eigenvalue weighted by atomic mass is 32.2. The van der Waals surface area contributed by atoms with Gasteiger partial charge in [0.05, 0.1) is 23.3 Å². The van der Waals surface area contributed by atoms with E-state index in [-0.39, 0.29) is 11.4 Å². The first kappa shape index (κ1) is 22.2. The van der Waals surface area contributed by atoms with Gasteiger partial charge >= 0.3 is 6.18 Å². The Morgan fingerprint density at radius 3 is 2.43 bits per heavy atom. The van der Waals surface area contributed by atoms with Gasteiger partial charge in [-0.25, -0.2) is 12.8 Å². The minimum Gasteiger partial charge on any atom is -0.494 e. The van der Waals surface area contributed by atoms with E-state index in [2.05, 4.69) is 4.72 Å². The molecule has 1 atom stereocenters. The SMILES string of the molecule is COc1ccc(S(=O)(=O)Nc2ccc(C(F)(F)F)c(O[C@@H]3CCN(C)C3)c2)cc1F. The summed E-state index contributed by atoms with van der Waals surface area (Å²) >= 11 is 0. The molecule has 0 aliphatic carbocycles. The van der Waals surface area contributed by atoms with E-state index in [1.54, 1.807) is 0 Å². The van der Waals surface area contributed by atoms with Crippen LogP contribution in [0.3, 0.4) is 0 Å². The van der Waals surface area contributed by atoms with E-state index in [0.717, 1.165) is 36.4 Å². The quantitative estimate of drug-likeness (QED) is 0.682. The average Bonchev–Trinajstić information content (AvgIpc) is 3.05. The van der Waals surface area contributed by atoms with E-state index < -0.39 is 44.3 Å². The predicted molar refractivity (Wildman–Crippen MR) is 102 cm³/mol. The van der Waals surface area contributed by atoms with Crippen LogP contribution in [0.2, 0.25) is 0 Å². The molecular weight excluding hydrogens is 428 g/mol. The third-order valence-corrected chi connectivity index (χ3v) is 5.99. The van der Waals surface area contributed by atoms with Gasteiger partial charge in [-0.15, -0.1) is 0 Å². The van der Waals surface area contributed by atoms with E-state index in [1.165, 1.54) is 7.11 Å². The number of hydrogen-bond acceptors (Lipinski definition) is 5. The van der Waals surface area contributed by atoms with Crippen LogP contribution in [0.25, 0.3) is 0 Å². The van der Waals surface area contributed by atoms with Gasteiger partial charge in [-0.1, -0.05) is 0 Å². The molecule has 164 valence electrons. The second kappa shape index (κ2) is 8.31. The molecule has 2 aromatic rings. The summed E-state index contributed by atoms with van der Waals surface area (Å²) < 4.78 is 91.5. The van der Waals surface area contributed by atoms with Crippen LogP contribution in [0.5, 0.6) is 11.5 Å². The molecule has 1 heterocycles. The van der Waals surface area contributed by atoms with Crippen LogP contribution in [-0.4, -0.2) is 46.7 Å². The lowest BCUT2D eigenvalue weighted by molar-refractivity contribution is -0.139. The molecule has 0 saturated carbocycles. The molecule has 11 heteroatoms. The number of sulfonamides is 1. The van der Waals surface area contributed by atoms with Gasteiger partial charge in [0.1, 0.15) is 11.9 Å². The second-order valence-electron chi connectivity index (χ2n) is 6.90. The van der Waals surface area contributed by atoms with Crippen molar-refractivity contribution >= 4 is 15.7 Å². The van der Waals surface area contributed by atoms with Crippen LogP contribution in [0, 0.1) is 5.82 Å². The number of hydrogen-bond donors (Lipinski definition) is 1. The van der Waals surface area contributed by atoms with Gasteiger partial charge in [0.25, 0.3) is 10.0 Å². The summed E-state index contributed by atoms with van der Waals surface area (Å²) in [6, 6.07) is 5.74. The largest absolute Gasteiger partial charge is 0.494 e. The van der Waals surface area contributed by atoms with Gasteiger partial charge in [0.15, 0.2) is 11.6 Å². The van der Waals surface area contributed by atoms with Crippen LogP contribution in [0.15, 0.2) is 41.3 Å². The van der Waals surface area contributed by atoms with Crippen LogP contribution in [-0.2, 0) is 16.2 Å². The molecule has 6 nitrogen and oxygen atoms in total. The number of benzene rings is 2. The van der Waals surface area contributed by atoms with Crippen LogP contribution in [0.4, 0.5) is 23.2 Å². The average molecular weight is 448 g/mol. The molecule has 30 heavy (non-hydrogen) atoms. The van der Waals surface area contributed by atoms with Crippen molar-refractivity contribution in [2.45, 2.75) is 23.6 Å². The number of alkyl halides is 3. The number of halogens is 4. The summed E-state index contributed by atoms with van der Waals surface area (Å²) in [5.41, 5.74) is -1.14. The number of nitrogens with zero attached hydrogens (tertiary/aromatic N) is 1. The fraction of sp³-hybridized carbons (Fsp3) is 0.368.